The van der Waals surface area contributed by atoms with E-state index in [9.17, 15) is 4.79 Å². The van der Waals surface area contributed by atoms with Gasteiger partial charge in [-0.15, -0.1) is 0 Å². The van der Waals surface area contributed by atoms with Crippen LogP contribution in [0, 0.1) is 0 Å². The summed E-state index contributed by atoms with van der Waals surface area (Å²) in [6.45, 7) is 3.90. The van der Waals surface area contributed by atoms with E-state index >= 15 is 0 Å². The summed E-state index contributed by atoms with van der Waals surface area (Å²) >= 11 is 0. The summed E-state index contributed by atoms with van der Waals surface area (Å²) in [4.78, 5) is 12.1. The highest BCUT2D eigenvalue weighted by molar-refractivity contribution is 5.92. The first kappa shape index (κ1) is 12.9. The molecule has 1 aliphatic rings. The second-order valence-electron chi connectivity index (χ2n) is 5.60. The Morgan fingerprint density at radius 1 is 1.30 bits per heavy atom. The lowest BCUT2D eigenvalue weighted by Crippen LogP contribution is -2.30. The molecule has 1 aliphatic carbocycles. The number of amides is 1. The minimum absolute atomic E-state index is 0.100. The molecule has 0 spiro atoms. The molecule has 1 heterocycles. The second-order valence-corrected chi connectivity index (χ2v) is 5.60. The molecule has 0 bridgehead atoms. The van der Waals surface area contributed by atoms with Gasteiger partial charge in [0.05, 0.1) is 5.69 Å². The van der Waals surface area contributed by atoms with Crippen molar-refractivity contribution >= 4 is 5.91 Å². The van der Waals surface area contributed by atoms with Gasteiger partial charge in [-0.25, -0.2) is 4.68 Å². The van der Waals surface area contributed by atoms with Crippen LogP contribution in [0.25, 0.3) is 5.69 Å². The van der Waals surface area contributed by atoms with Gasteiger partial charge >= 0.3 is 0 Å². The van der Waals surface area contributed by atoms with Crippen LogP contribution in [-0.2, 0) is 0 Å². The van der Waals surface area contributed by atoms with Crippen molar-refractivity contribution in [3.05, 3.63) is 47.8 Å². The minimum atomic E-state index is -0.100. The van der Waals surface area contributed by atoms with Gasteiger partial charge in [-0.2, -0.15) is 5.10 Å². The monoisotopic (exact) mass is 269 g/mol. The molecule has 104 valence electrons. The van der Waals surface area contributed by atoms with Crippen molar-refractivity contribution in [1.82, 2.24) is 15.1 Å². The maximum Gasteiger partial charge on any atom is 0.272 e. The molecule has 4 heteroatoms. The number of nitrogens with zero attached hydrogens (tertiary/aromatic N) is 2. The van der Waals surface area contributed by atoms with Gasteiger partial charge in [0.2, 0.25) is 0 Å². The summed E-state index contributed by atoms with van der Waals surface area (Å²) in [6.07, 6.45) is 2.37. The number of nitrogens with one attached hydrogen (secondary N) is 1. The van der Waals surface area contributed by atoms with Crippen molar-refractivity contribution in [2.24, 2.45) is 0 Å². The van der Waals surface area contributed by atoms with Crippen molar-refractivity contribution in [2.45, 2.75) is 38.6 Å². The molecule has 0 unspecified atom stereocenters. The van der Waals surface area contributed by atoms with E-state index in [0.717, 1.165) is 11.4 Å². The highest BCUT2D eigenvalue weighted by Crippen LogP contribution is 2.41. The molecule has 1 fully saturated rings. The van der Waals surface area contributed by atoms with Crippen molar-refractivity contribution in [3.8, 4) is 5.69 Å². The van der Waals surface area contributed by atoms with Gasteiger partial charge in [-0.1, -0.05) is 18.2 Å². The lowest BCUT2D eigenvalue weighted by Gasteiger charge is -2.06. The number of carbonyl (C=O) groups is 1. The van der Waals surface area contributed by atoms with Crippen molar-refractivity contribution in [3.63, 3.8) is 0 Å². The standard InChI is InChI=1S/C16H19N3O/c1-11(2)17-16(20)14-10-15(12-8-9-12)19(18-14)13-6-4-3-5-7-13/h3-7,10-12H,8-9H2,1-2H3,(H,17,20). The molecule has 20 heavy (non-hydrogen) atoms. The fourth-order valence-corrected chi connectivity index (χ4v) is 2.29. The first-order valence-corrected chi connectivity index (χ1v) is 7.11. The zero-order valence-corrected chi connectivity index (χ0v) is 11.8. The molecule has 1 N–H and O–H groups in total. The number of aromatic nitrogens is 2. The van der Waals surface area contributed by atoms with Gasteiger partial charge < -0.3 is 5.32 Å². The zero-order chi connectivity index (χ0) is 14.1. The number of hydrogen-bond acceptors (Lipinski definition) is 2. The van der Waals surface area contributed by atoms with E-state index in [0.29, 0.717) is 11.6 Å². The molecule has 1 saturated carbocycles. The second kappa shape index (κ2) is 5.12. The first-order chi connectivity index (χ1) is 9.65. The van der Waals surface area contributed by atoms with E-state index < -0.39 is 0 Å². The SMILES string of the molecule is CC(C)NC(=O)c1cc(C2CC2)n(-c2ccccc2)n1. The van der Waals surface area contributed by atoms with Gasteiger partial charge in [0.25, 0.3) is 5.91 Å². The van der Waals surface area contributed by atoms with Crippen LogP contribution in [0.3, 0.4) is 0 Å². The Morgan fingerprint density at radius 3 is 2.60 bits per heavy atom. The summed E-state index contributed by atoms with van der Waals surface area (Å²) < 4.78 is 1.91. The van der Waals surface area contributed by atoms with Crippen LogP contribution in [0.15, 0.2) is 36.4 Å². The Morgan fingerprint density at radius 2 is 2.00 bits per heavy atom. The van der Waals surface area contributed by atoms with E-state index in [1.54, 1.807) is 0 Å². The van der Waals surface area contributed by atoms with E-state index in [1.807, 2.05) is 54.9 Å². The minimum Gasteiger partial charge on any atom is -0.348 e. The van der Waals surface area contributed by atoms with E-state index in [-0.39, 0.29) is 11.9 Å². The van der Waals surface area contributed by atoms with E-state index in [2.05, 4.69) is 10.4 Å². The fraction of sp³-hybridized carbons (Fsp3) is 0.375. The van der Waals surface area contributed by atoms with Crippen LogP contribution in [0.1, 0.15) is 48.8 Å². The molecule has 0 atom stereocenters. The van der Waals surface area contributed by atoms with Crippen LogP contribution < -0.4 is 5.32 Å². The van der Waals surface area contributed by atoms with E-state index in [1.165, 1.54) is 12.8 Å². The highest BCUT2D eigenvalue weighted by Gasteiger charge is 2.29. The summed E-state index contributed by atoms with van der Waals surface area (Å²) in [5.74, 6) is 0.444. The van der Waals surface area contributed by atoms with Crippen molar-refractivity contribution in [1.29, 1.82) is 0 Å². The highest BCUT2D eigenvalue weighted by atomic mass is 16.2. The van der Waals surface area contributed by atoms with Crippen molar-refractivity contribution < 1.29 is 4.79 Å². The predicted octanol–water partition coefficient (Wildman–Crippen LogP) is 2.89. The third kappa shape index (κ3) is 2.59. The maximum atomic E-state index is 12.1. The molecule has 3 rings (SSSR count). The normalized spacial score (nSPS) is 14.6. The zero-order valence-electron chi connectivity index (χ0n) is 11.8. The van der Waals surface area contributed by atoms with Gasteiger partial charge in [-0.05, 0) is 44.9 Å². The number of hydrogen-bond donors (Lipinski definition) is 1. The largest absolute Gasteiger partial charge is 0.348 e. The number of para-hydroxylation sites is 1. The summed E-state index contributed by atoms with van der Waals surface area (Å²) in [7, 11) is 0. The first-order valence-electron chi connectivity index (χ1n) is 7.11. The number of rotatable bonds is 4. The lowest BCUT2D eigenvalue weighted by molar-refractivity contribution is 0.0937. The average Bonchev–Trinajstić information content (AvgIpc) is 3.17. The Kier molecular flexibility index (Phi) is 3.30. The molecule has 1 aromatic carbocycles. The number of carbonyl (C=O) groups excluding carboxylic acids is 1. The lowest BCUT2D eigenvalue weighted by atomic mass is 10.2. The quantitative estimate of drug-likeness (QED) is 0.927. The Labute approximate surface area is 118 Å². The third-order valence-corrected chi connectivity index (χ3v) is 3.39. The summed E-state index contributed by atoms with van der Waals surface area (Å²) in [6, 6.07) is 12.0. The molecule has 1 aromatic heterocycles. The van der Waals surface area contributed by atoms with Crippen LogP contribution in [0.2, 0.25) is 0 Å². The molecule has 2 aromatic rings. The summed E-state index contributed by atoms with van der Waals surface area (Å²) in [5.41, 5.74) is 2.66. The molecule has 0 saturated heterocycles. The van der Waals surface area contributed by atoms with Crippen LogP contribution in [0.4, 0.5) is 0 Å². The molecule has 1 amide bonds. The maximum absolute atomic E-state index is 12.1. The Balaban J connectivity index is 1.97. The smallest absolute Gasteiger partial charge is 0.272 e. The summed E-state index contributed by atoms with van der Waals surface area (Å²) in [5, 5.41) is 7.39. The van der Waals surface area contributed by atoms with Gasteiger partial charge in [0, 0.05) is 17.7 Å². The molecule has 4 nitrogen and oxygen atoms in total. The number of benzene rings is 1. The van der Waals surface area contributed by atoms with Gasteiger partial charge in [0.15, 0.2) is 5.69 Å². The average molecular weight is 269 g/mol. The van der Waals surface area contributed by atoms with Crippen LogP contribution in [0.5, 0.6) is 0 Å². The van der Waals surface area contributed by atoms with Gasteiger partial charge in [0.1, 0.15) is 0 Å². The Hall–Kier alpha value is -2.10. The van der Waals surface area contributed by atoms with E-state index in [4.69, 9.17) is 0 Å². The molecular formula is C16H19N3O. The topological polar surface area (TPSA) is 46.9 Å². The third-order valence-electron chi connectivity index (χ3n) is 3.39. The fourth-order valence-electron chi connectivity index (χ4n) is 2.29. The molecular weight excluding hydrogens is 250 g/mol. The van der Waals surface area contributed by atoms with Gasteiger partial charge in [-0.3, -0.25) is 4.79 Å². The van der Waals surface area contributed by atoms with Crippen LogP contribution in [-0.4, -0.2) is 21.7 Å². The molecule has 0 aliphatic heterocycles. The van der Waals surface area contributed by atoms with Crippen molar-refractivity contribution in [2.75, 3.05) is 0 Å². The molecule has 0 radical (unpaired) electrons. The Bertz CT molecular complexity index is 612. The predicted molar refractivity (Wildman–Crippen MR) is 78.1 cm³/mol. The van der Waals surface area contributed by atoms with Crippen LogP contribution >= 0.6 is 0 Å².